The van der Waals surface area contributed by atoms with Gasteiger partial charge in [0.2, 0.25) is 0 Å². The molecule has 1 heteroatoms. The fraction of sp³-hybridized carbons (Fsp3) is 0.667. The Labute approximate surface area is 118 Å². The summed E-state index contributed by atoms with van der Waals surface area (Å²) in [5.74, 6) is 0.838. The van der Waals surface area contributed by atoms with Crippen LogP contribution in [0.25, 0.3) is 0 Å². The van der Waals surface area contributed by atoms with Gasteiger partial charge in [0.15, 0.2) is 0 Å². The van der Waals surface area contributed by atoms with Crippen LogP contribution < -0.4 is 5.32 Å². The maximum absolute atomic E-state index is 3.74. The molecule has 19 heavy (non-hydrogen) atoms. The smallest absolute Gasteiger partial charge is 0.0348 e. The van der Waals surface area contributed by atoms with Crippen LogP contribution in [0.1, 0.15) is 69.5 Å². The minimum Gasteiger partial charge on any atom is -0.310 e. The third-order valence-corrected chi connectivity index (χ3v) is 4.39. The Hall–Kier alpha value is -0.820. The number of hydrogen-bond acceptors (Lipinski definition) is 1. The summed E-state index contributed by atoms with van der Waals surface area (Å²) in [5, 5.41) is 3.74. The Morgan fingerprint density at radius 3 is 2.63 bits per heavy atom. The van der Waals surface area contributed by atoms with Crippen LogP contribution >= 0.6 is 0 Å². The van der Waals surface area contributed by atoms with E-state index in [0.717, 1.165) is 12.5 Å². The van der Waals surface area contributed by atoms with E-state index in [9.17, 15) is 0 Å². The molecule has 1 aliphatic carbocycles. The topological polar surface area (TPSA) is 12.0 Å². The molecule has 2 rings (SSSR count). The number of hydrogen-bond donors (Lipinski definition) is 1. The maximum atomic E-state index is 3.74. The van der Waals surface area contributed by atoms with Crippen molar-refractivity contribution >= 4 is 0 Å². The molecule has 1 aromatic rings. The lowest BCUT2D eigenvalue weighted by atomic mass is 9.80. The molecular formula is C18H29N. The molecule has 0 spiro atoms. The highest BCUT2D eigenvalue weighted by Gasteiger charge is 2.24. The van der Waals surface area contributed by atoms with Crippen molar-refractivity contribution in [3.63, 3.8) is 0 Å². The monoisotopic (exact) mass is 259 g/mol. The van der Waals surface area contributed by atoms with Gasteiger partial charge in [-0.25, -0.2) is 0 Å². The summed E-state index contributed by atoms with van der Waals surface area (Å²) in [5.41, 5.74) is 3.01. The molecule has 0 aliphatic heterocycles. The van der Waals surface area contributed by atoms with Crippen molar-refractivity contribution in [2.45, 2.75) is 64.8 Å². The van der Waals surface area contributed by atoms with Crippen molar-refractivity contribution in [3.8, 4) is 0 Å². The number of benzene rings is 1. The van der Waals surface area contributed by atoms with Crippen LogP contribution in [-0.4, -0.2) is 6.54 Å². The first-order valence-corrected chi connectivity index (χ1v) is 8.17. The summed E-state index contributed by atoms with van der Waals surface area (Å²) in [6, 6.07) is 9.85. The highest BCUT2D eigenvalue weighted by atomic mass is 14.9. The minimum absolute atomic E-state index is 0.571. The molecule has 0 radical (unpaired) electrons. The second-order valence-corrected chi connectivity index (χ2v) is 5.93. The van der Waals surface area contributed by atoms with Gasteiger partial charge >= 0.3 is 0 Å². The average molecular weight is 259 g/mol. The van der Waals surface area contributed by atoms with E-state index in [1.54, 1.807) is 0 Å². The van der Waals surface area contributed by atoms with Gasteiger partial charge in [-0.1, -0.05) is 63.8 Å². The van der Waals surface area contributed by atoms with Gasteiger partial charge in [0.25, 0.3) is 0 Å². The summed E-state index contributed by atoms with van der Waals surface area (Å²) < 4.78 is 0. The SMILES string of the molecule is CCCc1cccc(C(NCC)C2CCCCC2)c1. The fourth-order valence-corrected chi connectivity index (χ4v) is 3.47. The maximum Gasteiger partial charge on any atom is 0.0348 e. The molecule has 0 aromatic heterocycles. The van der Waals surface area contributed by atoms with E-state index in [1.165, 1.54) is 56.1 Å². The molecule has 1 atom stereocenters. The van der Waals surface area contributed by atoms with Gasteiger partial charge in [0.05, 0.1) is 0 Å². The van der Waals surface area contributed by atoms with Crippen molar-refractivity contribution in [1.29, 1.82) is 0 Å². The third-order valence-electron chi connectivity index (χ3n) is 4.39. The minimum atomic E-state index is 0.571. The van der Waals surface area contributed by atoms with Crippen LogP contribution in [0.2, 0.25) is 0 Å². The molecule has 0 amide bonds. The van der Waals surface area contributed by atoms with Crippen molar-refractivity contribution in [2.75, 3.05) is 6.54 Å². The number of aryl methyl sites for hydroxylation is 1. The van der Waals surface area contributed by atoms with E-state index in [4.69, 9.17) is 0 Å². The molecule has 0 bridgehead atoms. The number of rotatable bonds is 6. The van der Waals surface area contributed by atoms with E-state index in [-0.39, 0.29) is 0 Å². The van der Waals surface area contributed by atoms with Gasteiger partial charge in [-0.3, -0.25) is 0 Å². The lowest BCUT2D eigenvalue weighted by Crippen LogP contribution is -2.29. The zero-order valence-electron chi connectivity index (χ0n) is 12.6. The molecule has 1 N–H and O–H groups in total. The van der Waals surface area contributed by atoms with Gasteiger partial charge in [-0.05, 0) is 42.9 Å². The zero-order valence-corrected chi connectivity index (χ0v) is 12.6. The van der Waals surface area contributed by atoms with Gasteiger partial charge in [-0.2, -0.15) is 0 Å². The molecule has 0 heterocycles. The van der Waals surface area contributed by atoms with Crippen molar-refractivity contribution in [3.05, 3.63) is 35.4 Å². The predicted molar refractivity (Wildman–Crippen MR) is 83.4 cm³/mol. The normalized spacial score (nSPS) is 18.4. The molecule has 1 aliphatic rings. The molecule has 1 nitrogen and oxygen atoms in total. The summed E-state index contributed by atoms with van der Waals surface area (Å²) in [4.78, 5) is 0. The molecule has 0 saturated heterocycles. The summed E-state index contributed by atoms with van der Waals surface area (Å²) in [6.45, 7) is 5.56. The van der Waals surface area contributed by atoms with Crippen LogP contribution in [0.15, 0.2) is 24.3 Å². The quantitative estimate of drug-likeness (QED) is 0.768. The second-order valence-electron chi connectivity index (χ2n) is 5.93. The Balaban J connectivity index is 2.14. The van der Waals surface area contributed by atoms with Crippen molar-refractivity contribution in [1.82, 2.24) is 5.32 Å². The molecule has 1 aromatic carbocycles. The Morgan fingerprint density at radius 2 is 1.95 bits per heavy atom. The van der Waals surface area contributed by atoms with Gasteiger partial charge in [0.1, 0.15) is 0 Å². The first kappa shape index (κ1) is 14.6. The molecular weight excluding hydrogens is 230 g/mol. The van der Waals surface area contributed by atoms with E-state index in [2.05, 4.69) is 43.4 Å². The van der Waals surface area contributed by atoms with Gasteiger partial charge in [-0.15, -0.1) is 0 Å². The third kappa shape index (κ3) is 4.07. The standard InChI is InChI=1S/C18H29N/c1-3-9-15-10-8-13-17(14-15)18(19-4-2)16-11-6-5-7-12-16/h8,10,13-14,16,18-19H,3-7,9,11-12H2,1-2H3. The summed E-state index contributed by atoms with van der Waals surface area (Å²) in [6.07, 6.45) is 9.51. The average Bonchev–Trinajstić information content (AvgIpc) is 2.46. The van der Waals surface area contributed by atoms with Crippen LogP contribution in [0, 0.1) is 5.92 Å². The molecule has 1 unspecified atom stereocenters. The Bertz CT molecular complexity index is 366. The van der Waals surface area contributed by atoms with Crippen molar-refractivity contribution < 1.29 is 0 Å². The zero-order chi connectivity index (χ0) is 13.5. The van der Waals surface area contributed by atoms with Crippen LogP contribution in [-0.2, 0) is 6.42 Å². The largest absolute Gasteiger partial charge is 0.310 e. The number of nitrogens with one attached hydrogen (secondary N) is 1. The second kappa shape index (κ2) is 7.69. The fourth-order valence-electron chi connectivity index (χ4n) is 3.47. The summed E-state index contributed by atoms with van der Waals surface area (Å²) >= 11 is 0. The van der Waals surface area contributed by atoms with Crippen molar-refractivity contribution in [2.24, 2.45) is 5.92 Å². The lowest BCUT2D eigenvalue weighted by Gasteiger charge is -2.31. The van der Waals surface area contributed by atoms with Crippen LogP contribution in [0.3, 0.4) is 0 Å². The van der Waals surface area contributed by atoms with E-state index < -0.39 is 0 Å². The van der Waals surface area contributed by atoms with Gasteiger partial charge < -0.3 is 5.32 Å². The summed E-state index contributed by atoms with van der Waals surface area (Å²) in [7, 11) is 0. The molecule has 1 saturated carbocycles. The van der Waals surface area contributed by atoms with E-state index >= 15 is 0 Å². The van der Waals surface area contributed by atoms with E-state index in [0.29, 0.717) is 6.04 Å². The lowest BCUT2D eigenvalue weighted by molar-refractivity contribution is 0.274. The predicted octanol–water partition coefficient (Wildman–Crippen LogP) is 4.87. The highest BCUT2D eigenvalue weighted by Crippen LogP contribution is 2.34. The Kier molecular flexibility index (Phi) is 5.91. The van der Waals surface area contributed by atoms with E-state index in [1.807, 2.05) is 0 Å². The first-order valence-electron chi connectivity index (χ1n) is 8.17. The van der Waals surface area contributed by atoms with Crippen LogP contribution in [0.5, 0.6) is 0 Å². The van der Waals surface area contributed by atoms with Crippen LogP contribution in [0.4, 0.5) is 0 Å². The highest BCUT2D eigenvalue weighted by molar-refractivity contribution is 5.27. The molecule has 1 fully saturated rings. The molecule has 106 valence electrons. The Morgan fingerprint density at radius 1 is 1.16 bits per heavy atom. The first-order chi connectivity index (χ1) is 9.35. The van der Waals surface area contributed by atoms with Gasteiger partial charge in [0, 0.05) is 6.04 Å².